The fraction of sp³-hybridized carbons (Fsp3) is 0.257. The first kappa shape index (κ1) is 32.8. The molecule has 1 N–H and O–H groups in total. The maximum Gasteiger partial charge on any atom is 0.264 e. The molecule has 0 bridgehead atoms. The van der Waals surface area contributed by atoms with E-state index in [0.717, 1.165) is 21.0 Å². The van der Waals surface area contributed by atoms with Crippen LogP contribution in [0.2, 0.25) is 5.02 Å². The van der Waals surface area contributed by atoms with Crippen molar-refractivity contribution in [1.82, 2.24) is 10.2 Å². The highest BCUT2D eigenvalue weighted by Gasteiger charge is 2.35. The minimum absolute atomic E-state index is 0.0470. The Hall–Kier alpha value is -4.14. The van der Waals surface area contributed by atoms with Crippen LogP contribution in [0.25, 0.3) is 0 Å². The van der Waals surface area contributed by atoms with Crippen molar-refractivity contribution < 1.29 is 18.0 Å². The Bertz CT molecular complexity index is 1700. The predicted octanol–water partition coefficient (Wildman–Crippen LogP) is 6.32. The quantitative estimate of drug-likeness (QED) is 0.198. The Morgan fingerprint density at radius 3 is 2.07 bits per heavy atom. The first-order chi connectivity index (χ1) is 21.0. The SMILES string of the molecule is Cc1cccc(CN(C(=O)CN(c2ccc(Cl)cc2C)S(=O)(=O)c2ccccc2)C(Cc2ccccc2)C(=O)NC(C)C)c1. The second-order valence-electron chi connectivity index (χ2n) is 11.1. The van der Waals surface area contributed by atoms with Crippen LogP contribution in [-0.4, -0.2) is 43.8 Å². The molecular formula is C35H38ClN3O4S. The molecule has 9 heteroatoms. The smallest absolute Gasteiger partial charge is 0.264 e. The van der Waals surface area contributed by atoms with Gasteiger partial charge in [-0.1, -0.05) is 90.0 Å². The Morgan fingerprint density at radius 1 is 0.818 bits per heavy atom. The summed E-state index contributed by atoms with van der Waals surface area (Å²) in [6, 6.07) is 29.0. The van der Waals surface area contributed by atoms with Crippen molar-refractivity contribution >= 4 is 39.1 Å². The Balaban J connectivity index is 1.82. The summed E-state index contributed by atoms with van der Waals surface area (Å²) in [5.74, 6) is -0.829. The van der Waals surface area contributed by atoms with Gasteiger partial charge < -0.3 is 10.2 Å². The molecule has 1 atom stereocenters. The monoisotopic (exact) mass is 631 g/mol. The van der Waals surface area contributed by atoms with Crippen molar-refractivity contribution in [2.75, 3.05) is 10.8 Å². The standard InChI is InChI=1S/C35H38ClN3O4S/c1-25(2)37-35(41)33(22-28-13-7-5-8-14-28)38(23-29-15-11-12-26(3)20-29)34(40)24-39(32-19-18-30(36)21-27(32)4)44(42,43)31-16-9-6-10-17-31/h5-21,25,33H,22-24H2,1-4H3,(H,37,41). The zero-order valence-electron chi connectivity index (χ0n) is 25.4. The number of hydrogen-bond acceptors (Lipinski definition) is 4. The van der Waals surface area contributed by atoms with E-state index < -0.39 is 28.5 Å². The van der Waals surface area contributed by atoms with Gasteiger partial charge in [0.25, 0.3) is 10.0 Å². The number of anilines is 1. The summed E-state index contributed by atoms with van der Waals surface area (Å²) in [5.41, 5.74) is 3.63. The molecule has 4 aromatic carbocycles. The highest BCUT2D eigenvalue weighted by Crippen LogP contribution is 2.29. The molecule has 230 valence electrons. The second kappa shape index (κ2) is 14.6. The van der Waals surface area contributed by atoms with E-state index in [-0.39, 0.29) is 29.8 Å². The Kier molecular flexibility index (Phi) is 10.8. The highest BCUT2D eigenvalue weighted by atomic mass is 35.5. The molecule has 0 saturated carbocycles. The minimum Gasteiger partial charge on any atom is -0.352 e. The van der Waals surface area contributed by atoms with Crippen molar-refractivity contribution in [3.8, 4) is 0 Å². The zero-order chi connectivity index (χ0) is 31.9. The van der Waals surface area contributed by atoms with Crippen LogP contribution >= 0.6 is 11.6 Å². The molecule has 44 heavy (non-hydrogen) atoms. The summed E-state index contributed by atoms with van der Waals surface area (Å²) in [7, 11) is -4.18. The molecule has 0 aliphatic heterocycles. The third-order valence-electron chi connectivity index (χ3n) is 7.18. The van der Waals surface area contributed by atoms with E-state index in [0.29, 0.717) is 16.3 Å². The average molecular weight is 632 g/mol. The molecule has 7 nitrogen and oxygen atoms in total. The lowest BCUT2D eigenvalue weighted by atomic mass is 10.0. The van der Waals surface area contributed by atoms with Gasteiger partial charge in [0, 0.05) is 24.0 Å². The number of rotatable bonds is 12. The van der Waals surface area contributed by atoms with Gasteiger partial charge in [-0.25, -0.2) is 8.42 Å². The first-order valence-electron chi connectivity index (χ1n) is 14.5. The second-order valence-corrected chi connectivity index (χ2v) is 13.4. The van der Waals surface area contributed by atoms with Gasteiger partial charge in [-0.15, -0.1) is 0 Å². The van der Waals surface area contributed by atoms with Gasteiger partial charge in [0.1, 0.15) is 12.6 Å². The predicted molar refractivity (Wildman–Crippen MR) is 176 cm³/mol. The van der Waals surface area contributed by atoms with E-state index in [1.807, 2.05) is 75.4 Å². The molecule has 2 amide bonds. The molecule has 1 unspecified atom stereocenters. The number of sulfonamides is 1. The van der Waals surface area contributed by atoms with Gasteiger partial charge in [0.15, 0.2) is 0 Å². The largest absolute Gasteiger partial charge is 0.352 e. The van der Waals surface area contributed by atoms with Gasteiger partial charge in [-0.2, -0.15) is 0 Å². The molecule has 0 aromatic heterocycles. The van der Waals surface area contributed by atoms with Crippen molar-refractivity contribution in [1.29, 1.82) is 0 Å². The van der Waals surface area contributed by atoms with Crippen molar-refractivity contribution in [2.45, 2.75) is 57.6 Å². The molecule has 0 fully saturated rings. The fourth-order valence-electron chi connectivity index (χ4n) is 5.07. The van der Waals surface area contributed by atoms with Crippen LogP contribution in [-0.2, 0) is 32.6 Å². The normalized spacial score (nSPS) is 12.0. The van der Waals surface area contributed by atoms with Crippen molar-refractivity contribution in [3.63, 3.8) is 0 Å². The fourth-order valence-corrected chi connectivity index (χ4v) is 6.80. The lowest BCUT2D eigenvalue weighted by Crippen LogP contribution is -2.54. The van der Waals surface area contributed by atoms with Gasteiger partial charge >= 0.3 is 0 Å². The molecule has 0 spiro atoms. The van der Waals surface area contributed by atoms with Crippen LogP contribution in [0.5, 0.6) is 0 Å². The lowest BCUT2D eigenvalue weighted by Gasteiger charge is -2.34. The lowest BCUT2D eigenvalue weighted by molar-refractivity contribution is -0.140. The van der Waals surface area contributed by atoms with Crippen LogP contribution in [0.3, 0.4) is 0 Å². The van der Waals surface area contributed by atoms with Gasteiger partial charge in [-0.05, 0) is 74.7 Å². The van der Waals surface area contributed by atoms with Crippen LogP contribution in [0.4, 0.5) is 5.69 Å². The number of nitrogens with zero attached hydrogens (tertiary/aromatic N) is 2. The van der Waals surface area contributed by atoms with Gasteiger partial charge in [-0.3, -0.25) is 13.9 Å². The maximum atomic E-state index is 14.5. The van der Waals surface area contributed by atoms with Crippen LogP contribution < -0.4 is 9.62 Å². The van der Waals surface area contributed by atoms with E-state index >= 15 is 0 Å². The Morgan fingerprint density at radius 2 is 1.45 bits per heavy atom. The van der Waals surface area contributed by atoms with Gasteiger partial charge in [0.05, 0.1) is 10.6 Å². The summed E-state index contributed by atoms with van der Waals surface area (Å²) in [6.45, 7) is 7.02. The number of carbonyl (C=O) groups excluding carboxylic acids is 2. The summed E-state index contributed by atoms with van der Waals surface area (Å²) in [6.07, 6.45) is 0.252. The third kappa shape index (κ3) is 8.27. The molecular weight excluding hydrogens is 594 g/mol. The summed E-state index contributed by atoms with van der Waals surface area (Å²) >= 11 is 6.22. The average Bonchev–Trinajstić information content (AvgIpc) is 2.98. The Labute approximate surface area is 265 Å². The summed E-state index contributed by atoms with van der Waals surface area (Å²) < 4.78 is 29.3. The minimum atomic E-state index is -4.18. The zero-order valence-corrected chi connectivity index (χ0v) is 27.0. The number of nitrogens with one attached hydrogen (secondary N) is 1. The molecule has 0 saturated heterocycles. The molecule has 4 rings (SSSR count). The number of aryl methyl sites for hydroxylation is 2. The highest BCUT2D eigenvalue weighted by molar-refractivity contribution is 7.92. The number of carbonyl (C=O) groups is 2. The van der Waals surface area contributed by atoms with Crippen LogP contribution in [0, 0.1) is 13.8 Å². The number of hydrogen-bond donors (Lipinski definition) is 1. The first-order valence-corrected chi connectivity index (χ1v) is 16.3. The van der Waals surface area contributed by atoms with E-state index in [9.17, 15) is 18.0 Å². The molecule has 0 aliphatic rings. The summed E-state index contributed by atoms with van der Waals surface area (Å²) in [4.78, 5) is 29.8. The maximum absolute atomic E-state index is 14.5. The van der Waals surface area contributed by atoms with Crippen LogP contribution in [0.15, 0.2) is 108 Å². The molecule has 0 radical (unpaired) electrons. The molecule has 4 aromatic rings. The van der Waals surface area contributed by atoms with E-state index in [4.69, 9.17) is 11.6 Å². The topological polar surface area (TPSA) is 86.8 Å². The van der Waals surface area contributed by atoms with Crippen molar-refractivity contribution in [3.05, 3.63) is 130 Å². The number of amides is 2. The summed E-state index contributed by atoms with van der Waals surface area (Å²) in [5, 5.41) is 3.42. The van der Waals surface area contributed by atoms with E-state index in [1.165, 1.54) is 17.0 Å². The van der Waals surface area contributed by atoms with Gasteiger partial charge in [0.2, 0.25) is 11.8 Å². The molecule has 0 aliphatic carbocycles. The number of benzene rings is 4. The molecule has 0 heterocycles. The van der Waals surface area contributed by atoms with Crippen LogP contribution in [0.1, 0.15) is 36.1 Å². The van der Waals surface area contributed by atoms with E-state index in [2.05, 4.69) is 5.32 Å². The number of halogens is 1. The van der Waals surface area contributed by atoms with E-state index in [1.54, 1.807) is 43.3 Å². The third-order valence-corrected chi connectivity index (χ3v) is 9.18. The van der Waals surface area contributed by atoms with Crippen molar-refractivity contribution in [2.24, 2.45) is 0 Å².